The van der Waals surface area contributed by atoms with E-state index < -0.39 is 15.9 Å². The van der Waals surface area contributed by atoms with Gasteiger partial charge in [-0.2, -0.15) is 0 Å². The normalized spacial score (nSPS) is 11.1. The Morgan fingerprint density at radius 2 is 1.88 bits per heavy atom. The molecule has 140 valence electrons. The van der Waals surface area contributed by atoms with E-state index in [1.807, 2.05) is 13.0 Å². The van der Waals surface area contributed by atoms with Gasteiger partial charge in [0.2, 0.25) is 15.9 Å². The number of carbonyl (C=O) groups is 1. The fourth-order valence-corrected chi connectivity index (χ4v) is 3.66. The van der Waals surface area contributed by atoms with Crippen LogP contribution in [0.4, 0.5) is 11.4 Å². The predicted octanol–water partition coefficient (Wildman–Crippen LogP) is 3.37. The number of aryl methyl sites for hydroxylation is 2. The molecule has 1 N–H and O–H groups in total. The number of benzene rings is 2. The van der Waals surface area contributed by atoms with Crippen LogP contribution in [0.1, 0.15) is 11.1 Å². The van der Waals surface area contributed by atoms with Gasteiger partial charge in [-0.3, -0.25) is 9.10 Å². The van der Waals surface area contributed by atoms with E-state index in [0.717, 1.165) is 16.1 Å². The lowest BCUT2D eigenvalue weighted by molar-refractivity contribution is -0.114. The van der Waals surface area contributed by atoms with Crippen molar-refractivity contribution in [3.05, 3.63) is 52.5 Å². The molecule has 0 spiro atoms. The first-order valence-electron chi connectivity index (χ1n) is 7.80. The molecule has 2 rings (SSSR count). The van der Waals surface area contributed by atoms with Crippen LogP contribution in [0.5, 0.6) is 5.75 Å². The van der Waals surface area contributed by atoms with Gasteiger partial charge >= 0.3 is 0 Å². The minimum absolute atomic E-state index is 0.363. The fraction of sp³-hybridized carbons (Fsp3) is 0.278. The van der Waals surface area contributed by atoms with Gasteiger partial charge in [0, 0.05) is 5.02 Å². The number of methoxy groups -OCH3 is 1. The summed E-state index contributed by atoms with van der Waals surface area (Å²) < 4.78 is 30.7. The highest BCUT2D eigenvalue weighted by Gasteiger charge is 2.23. The quantitative estimate of drug-likeness (QED) is 0.812. The lowest BCUT2D eigenvalue weighted by atomic mass is 10.2. The van der Waals surface area contributed by atoms with E-state index in [4.69, 9.17) is 16.3 Å². The fourth-order valence-electron chi connectivity index (χ4n) is 2.52. The number of amides is 1. The van der Waals surface area contributed by atoms with Crippen molar-refractivity contribution in [2.75, 3.05) is 29.5 Å². The molecule has 0 atom stereocenters. The predicted molar refractivity (Wildman–Crippen MR) is 105 cm³/mol. The zero-order valence-corrected chi connectivity index (χ0v) is 16.6. The molecule has 8 heteroatoms. The third-order valence-electron chi connectivity index (χ3n) is 3.74. The zero-order chi connectivity index (χ0) is 19.5. The summed E-state index contributed by atoms with van der Waals surface area (Å²) in [6.07, 6.45) is 1.06. The van der Waals surface area contributed by atoms with E-state index in [1.54, 1.807) is 37.3 Å². The van der Waals surface area contributed by atoms with Crippen LogP contribution in [0.3, 0.4) is 0 Å². The van der Waals surface area contributed by atoms with Crippen molar-refractivity contribution in [2.45, 2.75) is 13.8 Å². The molecule has 26 heavy (non-hydrogen) atoms. The lowest BCUT2D eigenvalue weighted by Gasteiger charge is -2.24. The Balaban J connectivity index is 2.30. The molecular formula is C18H21ClN2O4S. The van der Waals surface area contributed by atoms with Crippen LogP contribution in [-0.2, 0) is 14.8 Å². The first kappa shape index (κ1) is 20.1. The van der Waals surface area contributed by atoms with Crippen molar-refractivity contribution >= 4 is 38.9 Å². The molecule has 0 fully saturated rings. The Morgan fingerprint density at radius 1 is 1.19 bits per heavy atom. The van der Waals surface area contributed by atoms with E-state index >= 15 is 0 Å². The SMILES string of the molecule is COc1ccc(C)cc1NC(=O)CN(c1ccc(Cl)cc1C)S(C)(=O)=O. The average Bonchev–Trinajstić information content (AvgIpc) is 2.52. The monoisotopic (exact) mass is 396 g/mol. The number of halogens is 1. The van der Waals surface area contributed by atoms with Crippen LogP contribution in [0.2, 0.25) is 5.02 Å². The first-order valence-corrected chi connectivity index (χ1v) is 10.0. The maximum absolute atomic E-state index is 12.5. The standard InChI is InChI=1S/C18H21ClN2O4S/c1-12-5-8-17(25-3)15(9-12)20-18(22)11-21(26(4,23)24)16-7-6-14(19)10-13(16)2/h5-10H,11H2,1-4H3,(H,20,22). The summed E-state index contributed by atoms with van der Waals surface area (Å²) in [6, 6.07) is 10.2. The third kappa shape index (κ3) is 4.89. The van der Waals surface area contributed by atoms with Crippen molar-refractivity contribution < 1.29 is 17.9 Å². The second kappa shape index (κ2) is 7.97. The summed E-state index contributed by atoms with van der Waals surface area (Å²) in [5.74, 6) is 0.0196. The van der Waals surface area contributed by atoms with Crippen LogP contribution in [0.15, 0.2) is 36.4 Å². The van der Waals surface area contributed by atoms with Crippen LogP contribution < -0.4 is 14.4 Å². The Labute approximate surface area is 158 Å². The van der Waals surface area contributed by atoms with Gasteiger partial charge < -0.3 is 10.1 Å². The number of sulfonamides is 1. The molecule has 0 aliphatic rings. The number of rotatable bonds is 6. The smallest absolute Gasteiger partial charge is 0.245 e. The average molecular weight is 397 g/mol. The second-order valence-corrected chi connectivity index (χ2v) is 8.30. The van der Waals surface area contributed by atoms with E-state index in [1.165, 1.54) is 7.11 Å². The molecule has 0 saturated heterocycles. The molecule has 0 bridgehead atoms. The van der Waals surface area contributed by atoms with Crippen molar-refractivity contribution in [1.29, 1.82) is 0 Å². The minimum Gasteiger partial charge on any atom is -0.495 e. The number of nitrogens with zero attached hydrogens (tertiary/aromatic N) is 1. The van der Waals surface area contributed by atoms with Gasteiger partial charge in [-0.05, 0) is 55.3 Å². The molecular weight excluding hydrogens is 376 g/mol. The second-order valence-electron chi connectivity index (χ2n) is 5.95. The summed E-state index contributed by atoms with van der Waals surface area (Å²) in [5.41, 5.74) is 2.49. The van der Waals surface area contributed by atoms with E-state index in [-0.39, 0.29) is 6.54 Å². The van der Waals surface area contributed by atoms with E-state index in [2.05, 4.69) is 5.32 Å². The highest BCUT2D eigenvalue weighted by molar-refractivity contribution is 7.92. The van der Waals surface area contributed by atoms with Crippen molar-refractivity contribution in [2.24, 2.45) is 0 Å². The Bertz CT molecular complexity index is 929. The molecule has 2 aromatic carbocycles. The van der Waals surface area contributed by atoms with Crippen LogP contribution >= 0.6 is 11.6 Å². The molecule has 6 nitrogen and oxygen atoms in total. The molecule has 2 aromatic rings. The van der Waals surface area contributed by atoms with Crippen LogP contribution in [0.25, 0.3) is 0 Å². The van der Waals surface area contributed by atoms with Gasteiger partial charge in [0.15, 0.2) is 0 Å². The van der Waals surface area contributed by atoms with Crippen molar-refractivity contribution in [3.63, 3.8) is 0 Å². The molecule has 0 unspecified atom stereocenters. The van der Waals surface area contributed by atoms with Crippen LogP contribution in [0, 0.1) is 13.8 Å². The number of nitrogens with one attached hydrogen (secondary N) is 1. The maximum Gasteiger partial charge on any atom is 0.245 e. The van der Waals surface area contributed by atoms with E-state index in [9.17, 15) is 13.2 Å². The molecule has 0 aliphatic carbocycles. The Kier molecular flexibility index (Phi) is 6.15. The van der Waals surface area contributed by atoms with Gasteiger partial charge in [0.1, 0.15) is 12.3 Å². The number of anilines is 2. The number of hydrogen-bond donors (Lipinski definition) is 1. The highest BCUT2D eigenvalue weighted by Crippen LogP contribution is 2.27. The first-order chi connectivity index (χ1) is 12.1. The van der Waals surface area contributed by atoms with Crippen molar-refractivity contribution in [3.8, 4) is 5.75 Å². The van der Waals surface area contributed by atoms with Gasteiger partial charge in [-0.25, -0.2) is 8.42 Å². The van der Waals surface area contributed by atoms with Gasteiger partial charge in [-0.15, -0.1) is 0 Å². The Hall–Kier alpha value is -2.25. The topological polar surface area (TPSA) is 75.7 Å². The maximum atomic E-state index is 12.5. The molecule has 1 amide bonds. The molecule has 0 aliphatic heterocycles. The Morgan fingerprint density at radius 3 is 2.46 bits per heavy atom. The van der Waals surface area contributed by atoms with Crippen molar-refractivity contribution in [1.82, 2.24) is 0 Å². The summed E-state index contributed by atoms with van der Waals surface area (Å²) in [7, 11) is -2.17. The summed E-state index contributed by atoms with van der Waals surface area (Å²) >= 11 is 5.94. The molecule has 0 heterocycles. The summed E-state index contributed by atoms with van der Waals surface area (Å²) in [5, 5.41) is 3.20. The largest absolute Gasteiger partial charge is 0.495 e. The van der Waals surface area contributed by atoms with Crippen LogP contribution in [-0.4, -0.2) is 34.2 Å². The minimum atomic E-state index is -3.67. The molecule has 0 aromatic heterocycles. The number of hydrogen-bond acceptors (Lipinski definition) is 4. The van der Waals surface area contributed by atoms with E-state index in [0.29, 0.717) is 27.7 Å². The zero-order valence-electron chi connectivity index (χ0n) is 15.0. The third-order valence-corrected chi connectivity index (χ3v) is 5.11. The number of ether oxygens (including phenoxy) is 1. The number of carbonyl (C=O) groups excluding carboxylic acids is 1. The molecule has 0 saturated carbocycles. The summed E-state index contributed by atoms with van der Waals surface area (Å²) in [6.45, 7) is 3.26. The van der Waals surface area contributed by atoms with Gasteiger partial charge in [0.05, 0.1) is 24.7 Å². The lowest BCUT2D eigenvalue weighted by Crippen LogP contribution is -2.37. The van der Waals surface area contributed by atoms with Gasteiger partial charge in [-0.1, -0.05) is 17.7 Å². The van der Waals surface area contributed by atoms with Gasteiger partial charge in [0.25, 0.3) is 0 Å². The highest BCUT2D eigenvalue weighted by atomic mass is 35.5. The summed E-state index contributed by atoms with van der Waals surface area (Å²) in [4.78, 5) is 12.5. The molecule has 0 radical (unpaired) electrons.